The molecular weight excluding hydrogens is 804 g/mol. The van der Waals surface area contributed by atoms with Crippen LogP contribution in [-0.2, 0) is 19.1 Å². The number of nitrogens with one attached hydrogen (secondary N) is 1. The molecule has 1 N–H and O–H groups in total. The summed E-state index contributed by atoms with van der Waals surface area (Å²) in [6, 6.07) is 17.7. The average Bonchev–Trinajstić information content (AvgIpc) is 3.22. The van der Waals surface area contributed by atoms with E-state index in [-0.39, 0.29) is 83.3 Å². The number of rotatable bonds is 16. The van der Waals surface area contributed by atoms with Crippen molar-refractivity contribution in [3.8, 4) is 17.6 Å². The molecule has 336 valence electrons. The van der Waals surface area contributed by atoms with Gasteiger partial charge in [0.2, 0.25) is 0 Å². The number of nitrogens with zero attached hydrogens (tertiary/aromatic N) is 3. The van der Waals surface area contributed by atoms with Crippen molar-refractivity contribution in [1.82, 2.24) is 10.2 Å². The molecule has 0 radical (unpaired) electrons. The molecule has 1 saturated heterocycles. The van der Waals surface area contributed by atoms with Gasteiger partial charge in [-0.2, -0.15) is 5.26 Å². The molecule has 4 aliphatic rings. The number of hydrogen-bond acceptors (Lipinski definition) is 11. The van der Waals surface area contributed by atoms with Crippen molar-refractivity contribution in [2.24, 2.45) is 16.7 Å². The van der Waals surface area contributed by atoms with Crippen LogP contribution >= 0.6 is 0 Å². The smallest absolute Gasteiger partial charge is 0.254 e. The summed E-state index contributed by atoms with van der Waals surface area (Å²) in [5.74, 6) is -0.616. The second-order valence-electron chi connectivity index (χ2n) is 19.1. The Morgan fingerprint density at radius 3 is 2.32 bits per heavy atom. The first-order valence-corrected chi connectivity index (χ1v) is 22.2. The van der Waals surface area contributed by atoms with Crippen molar-refractivity contribution in [2.75, 3.05) is 51.4 Å². The van der Waals surface area contributed by atoms with E-state index < -0.39 is 17.8 Å². The third-order valence-corrected chi connectivity index (χ3v) is 14.0. The highest BCUT2D eigenvalue weighted by molar-refractivity contribution is 6.06. The molecule has 3 saturated carbocycles. The maximum atomic E-state index is 15.1. The number of halogens is 1. The summed E-state index contributed by atoms with van der Waals surface area (Å²) in [5.41, 5.74) is 3.56. The zero-order valence-electron chi connectivity index (χ0n) is 37.6. The molecule has 0 bridgehead atoms. The molecule has 7 rings (SSSR count). The number of ether oxygens (including phenoxy) is 4. The Balaban J connectivity index is 0.895. The van der Waals surface area contributed by atoms with Crippen molar-refractivity contribution in [2.45, 2.75) is 110 Å². The Bertz CT molecular complexity index is 2210. The maximum Gasteiger partial charge on any atom is 0.254 e. The standard InChI is InChI=1S/C50H61FN4O8/c1-30-20-37(21-31(2)41(30)27-52)63-48-49(3,4)46(50(48,5)6)26-44(57)32-8-10-33(11-9-32)54-17-19-61-39(28-54)29-55(16-18-60-7)34-22-38(23-34)62-36-13-14-40(42(51)25-36)47(59)53-43-15-12-35(56)24-45(43)58/h8-11,13-14,20-21,25,34,38-39,43,46,48H,12,15-19,22-24,26,28-29H2,1-7H3,(H,53,59)/t34?,38?,39-,43-,46?,48?/m0/s1. The zero-order valence-corrected chi connectivity index (χ0v) is 37.6. The topological polar surface area (TPSA) is 148 Å². The summed E-state index contributed by atoms with van der Waals surface area (Å²) in [5, 5.41) is 12.1. The Morgan fingerprint density at radius 2 is 1.68 bits per heavy atom. The van der Waals surface area contributed by atoms with Gasteiger partial charge in [0.05, 0.1) is 49.0 Å². The van der Waals surface area contributed by atoms with Gasteiger partial charge in [0.1, 0.15) is 35.3 Å². The average molecular weight is 865 g/mol. The fourth-order valence-corrected chi connectivity index (χ4v) is 10.6. The summed E-state index contributed by atoms with van der Waals surface area (Å²) < 4.78 is 39.5. The predicted molar refractivity (Wildman–Crippen MR) is 236 cm³/mol. The van der Waals surface area contributed by atoms with E-state index in [9.17, 15) is 24.4 Å². The monoisotopic (exact) mass is 864 g/mol. The Labute approximate surface area is 370 Å². The molecular formula is C50H61FN4O8. The predicted octanol–water partition coefficient (Wildman–Crippen LogP) is 7.20. The minimum Gasteiger partial charge on any atom is -0.490 e. The van der Waals surface area contributed by atoms with E-state index in [4.69, 9.17) is 18.9 Å². The molecule has 3 aliphatic carbocycles. The van der Waals surface area contributed by atoms with Gasteiger partial charge in [0.25, 0.3) is 5.91 Å². The van der Waals surface area contributed by atoms with E-state index in [1.54, 1.807) is 13.2 Å². The van der Waals surface area contributed by atoms with Crippen LogP contribution < -0.4 is 19.7 Å². The second kappa shape index (κ2) is 18.9. The van der Waals surface area contributed by atoms with Crippen LogP contribution in [0.2, 0.25) is 0 Å². The van der Waals surface area contributed by atoms with Gasteiger partial charge in [0, 0.05) is 93.2 Å². The van der Waals surface area contributed by atoms with Crippen LogP contribution in [0.25, 0.3) is 0 Å². The number of methoxy groups -OCH3 is 1. The molecule has 3 aromatic rings. The summed E-state index contributed by atoms with van der Waals surface area (Å²) in [6.07, 6.45) is 1.85. The Hall–Kier alpha value is -5.16. The highest BCUT2D eigenvalue weighted by atomic mass is 19.1. The summed E-state index contributed by atoms with van der Waals surface area (Å²) in [6.45, 7) is 16.6. The lowest BCUT2D eigenvalue weighted by Gasteiger charge is -2.63. The van der Waals surface area contributed by atoms with Gasteiger partial charge < -0.3 is 29.2 Å². The van der Waals surface area contributed by atoms with Crippen LogP contribution in [0.3, 0.4) is 0 Å². The largest absolute Gasteiger partial charge is 0.490 e. The van der Waals surface area contributed by atoms with Gasteiger partial charge in [-0.3, -0.25) is 24.1 Å². The summed E-state index contributed by atoms with van der Waals surface area (Å²) >= 11 is 0. The van der Waals surface area contributed by atoms with Crippen molar-refractivity contribution >= 4 is 28.9 Å². The van der Waals surface area contributed by atoms with E-state index in [0.29, 0.717) is 49.6 Å². The fourth-order valence-electron chi connectivity index (χ4n) is 10.6. The SMILES string of the molecule is COCCN(C[C@@H]1CN(c2ccc(C(=O)CC3C(C)(C)C(Oc4cc(C)c(C#N)c(C)c4)C3(C)C)cc2)CCO1)C1CC(Oc2ccc(C(=O)N[C@H]3CCC(=O)CC3=O)c(F)c2)C1. The van der Waals surface area contributed by atoms with Gasteiger partial charge in [-0.05, 0) is 85.8 Å². The number of carbonyl (C=O) groups is 4. The van der Waals surface area contributed by atoms with Crippen LogP contribution in [0.1, 0.15) is 104 Å². The minimum atomic E-state index is -0.790. The van der Waals surface area contributed by atoms with Crippen LogP contribution in [-0.4, -0.2) is 105 Å². The quantitative estimate of drug-likeness (QED) is 0.115. The normalized spacial score (nSPS) is 25.1. The molecule has 1 aliphatic heterocycles. The second-order valence-corrected chi connectivity index (χ2v) is 19.1. The molecule has 4 fully saturated rings. The number of benzene rings is 3. The number of anilines is 1. The third-order valence-electron chi connectivity index (χ3n) is 14.0. The lowest BCUT2D eigenvalue weighted by Crippen LogP contribution is -2.66. The zero-order chi connectivity index (χ0) is 45.2. The molecule has 0 aromatic heterocycles. The molecule has 13 heteroatoms. The van der Waals surface area contributed by atoms with Gasteiger partial charge in [-0.1, -0.05) is 27.7 Å². The number of nitriles is 1. The molecule has 1 amide bonds. The van der Waals surface area contributed by atoms with E-state index in [1.807, 2.05) is 50.2 Å². The Kier molecular flexibility index (Phi) is 13.8. The molecule has 2 atom stereocenters. The third kappa shape index (κ3) is 9.99. The van der Waals surface area contributed by atoms with Crippen LogP contribution in [0.5, 0.6) is 11.5 Å². The molecule has 63 heavy (non-hydrogen) atoms. The van der Waals surface area contributed by atoms with Gasteiger partial charge >= 0.3 is 0 Å². The van der Waals surface area contributed by atoms with Crippen LogP contribution in [0.15, 0.2) is 54.6 Å². The van der Waals surface area contributed by atoms with Crippen molar-refractivity contribution in [1.29, 1.82) is 5.26 Å². The van der Waals surface area contributed by atoms with Crippen LogP contribution in [0, 0.1) is 47.7 Å². The number of ketones is 3. The van der Waals surface area contributed by atoms with Gasteiger partial charge in [-0.25, -0.2) is 4.39 Å². The van der Waals surface area contributed by atoms with Gasteiger partial charge in [0.15, 0.2) is 11.6 Å². The van der Waals surface area contributed by atoms with Crippen molar-refractivity contribution < 1.29 is 42.5 Å². The van der Waals surface area contributed by atoms with E-state index in [0.717, 1.165) is 48.5 Å². The van der Waals surface area contributed by atoms with Gasteiger partial charge in [-0.15, -0.1) is 0 Å². The van der Waals surface area contributed by atoms with Crippen molar-refractivity contribution in [3.05, 3.63) is 88.2 Å². The molecule has 1 heterocycles. The van der Waals surface area contributed by atoms with Crippen LogP contribution in [0.4, 0.5) is 10.1 Å². The number of Topliss-reactive ketones (excluding diaryl/α,β-unsaturated/α-hetero) is 3. The lowest BCUT2D eigenvalue weighted by atomic mass is 9.44. The summed E-state index contributed by atoms with van der Waals surface area (Å²) in [4.78, 5) is 54.9. The highest BCUT2D eigenvalue weighted by Crippen LogP contribution is 2.62. The first-order valence-electron chi connectivity index (χ1n) is 22.2. The fraction of sp³-hybridized carbons (Fsp3) is 0.540. The molecule has 3 aromatic carbocycles. The molecule has 12 nitrogen and oxygen atoms in total. The molecule has 0 unspecified atom stereocenters. The van der Waals surface area contributed by atoms with E-state index in [1.165, 1.54) is 12.1 Å². The van der Waals surface area contributed by atoms with E-state index in [2.05, 4.69) is 48.9 Å². The first kappa shape index (κ1) is 45.9. The van der Waals surface area contributed by atoms with E-state index >= 15 is 4.39 Å². The number of carbonyl (C=O) groups excluding carboxylic acids is 4. The first-order chi connectivity index (χ1) is 30.0. The highest BCUT2D eigenvalue weighted by Gasteiger charge is 2.63. The number of amides is 1. The molecule has 0 spiro atoms. The number of aryl methyl sites for hydroxylation is 2. The maximum absolute atomic E-state index is 15.1. The Morgan fingerprint density at radius 1 is 0.984 bits per heavy atom. The summed E-state index contributed by atoms with van der Waals surface area (Å²) in [7, 11) is 1.68. The lowest BCUT2D eigenvalue weighted by molar-refractivity contribution is -0.196. The minimum absolute atomic E-state index is 0.0515. The van der Waals surface area contributed by atoms with Crippen molar-refractivity contribution in [3.63, 3.8) is 0 Å². The number of morpholine rings is 1. The number of hydrogen-bond donors (Lipinski definition) is 1.